The van der Waals surface area contributed by atoms with Crippen LogP contribution < -0.4 is 5.32 Å². The Bertz CT molecular complexity index is 897. The lowest BCUT2D eigenvalue weighted by Crippen LogP contribution is -2.43. The summed E-state index contributed by atoms with van der Waals surface area (Å²) in [6.45, 7) is 0. The summed E-state index contributed by atoms with van der Waals surface area (Å²) < 4.78 is 43.0. The van der Waals surface area contributed by atoms with Crippen LogP contribution in [0.1, 0.15) is 16.7 Å². The molecule has 7 nitrogen and oxygen atoms in total. The van der Waals surface area contributed by atoms with Gasteiger partial charge in [0.15, 0.2) is 0 Å². The number of hydrogen-bond donors (Lipinski definition) is 1. The van der Waals surface area contributed by atoms with Gasteiger partial charge in [-0.25, -0.2) is 4.79 Å². The van der Waals surface area contributed by atoms with Crippen LogP contribution in [0.3, 0.4) is 0 Å². The number of benzene rings is 2. The van der Waals surface area contributed by atoms with Crippen LogP contribution in [0.2, 0.25) is 0 Å². The molecule has 1 amide bonds. The molecule has 0 aliphatic rings. The number of hydrogen-bond acceptors (Lipinski definition) is 5. The molecule has 0 radical (unpaired) electrons. The molecule has 1 N–H and O–H groups in total. The van der Waals surface area contributed by atoms with Crippen molar-refractivity contribution in [3.05, 3.63) is 75.3 Å². The van der Waals surface area contributed by atoms with Crippen LogP contribution >= 0.6 is 0 Å². The van der Waals surface area contributed by atoms with Gasteiger partial charge in [-0.1, -0.05) is 30.3 Å². The Morgan fingerprint density at radius 2 is 1.79 bits per heavy atom. The minimum atomic E-state index is -4.53. The minimum Gasteiger partial charge on any atom is -0.467 e. The molecule has 154 valence electrons. The van der Waals surface area contributed by atoms with Crippen LogP contribution in [0.5, 0.6) is 0 Å². The van der Waals surface area contributed by atoms with Crippen molar-refractivity contribution in [1.29, 1.82) is 0 Å². The van der Waals surface area contributed by atoms with Gasteiger partial charge >= 0.3 is 12.1 Å². The van der Waals surface area contributed by atoms with Gasteiger partial charge in [0.05, 0.1) is 24.0 Å². The summed E-state index contributed by atoms with van der Waals surface area (Å²) in [5.74, 6) is -1.41. The van der Waals surface area contributed by atoms with Crippen LogP contribution in [0, 0.1) is 10.1 Å². The standard InChI is InChI=1S/C19H17F3N2O5/c1-29-18(26)16(10-12-5-7-15(8-6-12)24(27)28)23-17(25)11-13-3-2-4-14(9-13)19(20,21)22/h2-9,16H,10-11H2,1H3,(H,23,25)/t16-/m1/s1. The first-order valence-corrected chi connectivity index (χ1v) is 8.37. The van der Waals surface area contributed by atoms with Crippen molar-refractivity contribution in [1.82, 2.24) is 5.32 Å². The Balaban J connectivity index is 2.09. The lowest BCUT2D eigenvalue weighted by atomic mass is 10.0. The summed E-state index contributed by atoms with van der Waals surface area (Å²) in [4.78, 5) is 34.3. The van der Waals surface area contributed by atoms with Crippen LogP contribution in [-0.4, -0.2) is 30.0 Å². The van der Waals surface area contributed by atoms with Crippen molar-refractivity contribution in [3.8, 4) is 0 Å². The number of alkyl halides is 3. The van der Waals surface area contributed by atoms with Crippen molar-refractivity contribution < 1.29 is 32.4 Å². The Morgan fingerprint density at radius 3 is 2.34 bits per heavy atom. The number of nitro benzene ring substituents is 1. The second kappa shape index (κ2) is 9.18. The number of non-ortho nitro benzene ring substituents is 1. The molecule has 2 aromatic carbocycles. The van der Waals surface area contributed by atoms with Crippen molar-refractivity contribution >= 4 is 17.6 Å². The van der Waals surface area contributed by atoms with Gasteiger partial charge in [-0.15, -0.1) is 0 Å². The van der Waals surface area contributed by atoms with Crippen LogP contribution in [-0.2, 0) is 33.3 Å². The molecule has 0 aliphatic heterocycles. The van der Waals surface area contributed by atoms with E-state index >= 15 is 0 Å². The summed E-state index contributed by atoms with van der Waals surface area (Å²) in [5.41, 5.74) is -0.336. The number of esters is 1. The highest BCUT2D eigenvalue weighted by Gasteiger charge is 2.30. The largest absolute Gasteiger partial charge is 0.467 e. The molecular weight excluding hydrogens is 393 g/mol. The Kier molecular flexibility index (Phi) is 6.92. The molecule has 0 fully saturated rings. The lowest BCUT2D eigenvalue weighted by molar-refractivity contribution is -0.384. The number of amides is 1. The predicted octanol–water partition coefficient (Wildman–Crippen LogP) is 3.06. The fourth-order valence-electron chi connectivity index (χ4n) is 2.61. The van der Waals surface area contributed by atoms with E-state index in [1.54, 1.807) is 0 Å². The van der Waals surface area contributed by atoms with Gasteiger partial charge in [-0.05, 0) is 17.2 Å². The maximum absolute atomic E-state index is 12.8. The van der Waals surface area contributed by atoms with Gasteiger partial charge in [-0.2, -0.15) is 13.2 Å². The van der Waals surface area contributed by atoms with Crippen LogP contribution in [0.25, 0.3) is 0 Å². The van der Waals surface area contributed by atoms with Crippen LogP contribution in [0.4, 0.5) is 18.9 Å². The maximum Gasteiger partial charge on any atom is 0.416 e. The third kappa shape index (κ3) is 6.30. The molecule has 0 heterocycles. The summed E-state index contributed by atoms with van der Waals surface area (Å²) in [5, 5.41) is 13.1. The van der Waals surface area contributed by atoms with Gasteiger partial charge < -0.3 is 10.1 Å². The summed E-state index contributed by atoms with van der Waals surface area (Å²) in [7, 11) is 1.13. The molecule has 1 atom stereocenters. The Morgan fingerprint density at radius 1 is 1.14 bits per heavy atom. The average molecular weight is 410 g/mol. The second-order valence-electron chi connectivity index (χ2n) is 6.15. The molecule has 0 aromatic heterocycles. The molecule has 10 heteroatoms. The van der Waals surface area contributed by atoms with E-state index in [2.05, 4.69) is 10.1 Å². The number of halogens is 3. The van der Waals surface area contributed by atoms with Gasteiger partial charge in [0.25, 0.3) is 5.69 Å². The van der Waals surface area contributed by atoms with E-state index in [-0.39, 0.29) is 24.1 Å². The molecular formula is C19H17F3N2O5. The fraction of sp³-hybridized carbons (Fsp3) is 0.263. The third-order valence-corrected chi connectivity index (χ3v) is 4.03. The van der Waals surface area contributed by atoms with Gasteiger partial charge in [0.1, 0.15) is 6.04 Å². The minimum absolute atomic E-state index is 0.000994. The van der Waals surface area contributed by atoms with E-state index in [4.69, 9.17) is 0 Å². The molecule has 29 heavy (non-hydrogen) atoms. The monoisotopic (exact) mass is 410 g/mol. The first-order chi connectivity index (χ1) is 13.6. The van der Waals surface area contributed by atoms with Crippen molar-refractivity contribution in [2.24, 2.45) is 0 Å². The van der Waals surface area contributed by atoms with Gasteiger partial charge in [0.2, 0.25) is 5.91 Å². The molecule has 0 aliphatic carbocycles. The zero-order valence-corrected chi connectivity index (χ0v) is 15.2. The predicted molar refractivity (Wildman–Crippen MR) is 95.9 cm³/mol. The SMILES string of the molecule is COC(=O)[C@@H](Cc1ccc([N+](=O)[O-])cc1)NC(=O)Cc1cccc(C(F)(F)F)c1. The molecule has 2 aromatic rings. The van der Waals surface area contributed by atoms with Crippen molar-refractivity contribution in [2.45, 2.75) is 25.1 Å². The summed E-state index contributed by atoms with van der Waals surface area (Å²) >= 11 is 0. The average Bonchev–Trinajstić information content (AvgIpc) is 2.66. The quantitative estimate of drug-likeness (QED) is 0.430. The highest BCUT2D eigenvalue weighted by molar-refractivity contribution is 5.85. The highest BCUT2D eigenvalue weighted by Crippen LogP contribution is 2.29. The van der Waals surface area contributed by atoms with E-state index in [9.17, 15) is 32.9 Å². The number of carbonyl (C=O) groups is 2. The summed E-state index contributed by atoms with van der Waals surface area (Å²) in [6.07, 6.45) is -4.90. The third-order valence-electron chi connectivity index (χ3n) is 4.03. The van der Waals surface area contributed by atoms with Gasteiger partial charge in [0, 0.05) is 18.6 Å². The maximum atomic E-state index is 12.8. The number of ether oxygens (including phenoxy) is 1. The number of nitro groups is 1. The zero-order chi connectivity index (χ0) is 21.6. The molecule has 0 saturated carbocycles. The van der Waals surface area contributed by atoms with E-state index < -0.39 is 34.6 Å². The van der Waals surface area contributed by atoms with Crippen LogP contribution in [0.15, 0.2) is 48.5 Å². The molecule has 0 spiro atoms. The molecule has 0 unspecified atom stereocenters. The lowest BCUT2D eigenvalue weighted by Gasteiger charge is -2.17. The topological polar surface area (TPSA) is 98.5 Å². The molecule has 2 rings (SSSR count). The molecule has 0 saturated heterocycles. The van der Waals surface area contributed by atoms with E-state index in [0.29, 0.717) is 5.56 Å². The number of carbonyl (C=O) groups excluding carboxylic acids is 2. The Labute approximate surface area is 163 Å². The molecule has 0 bridgehead atoms. The summed E-state index contributed by atoms with van der Waals surface area (Å²) in [6, 6.07) is 8.62. The van der Waals surface area contributed by atoms with Crippen molar-refractivity contribution in [3.63, 3.8) is 0 Å². The number of rotatable bonds is 7. The van der Waals surface area contributed by atoms with Gasteiger partial charge in [-0.3, -0.25) is 14.9 Å². The van der Waals surface area contributed by atoms with Crippen molar-refractivity contribution in [2.75, 3.05) is 7.11 Å². The Hall–Kier alpha value is -3.43. The normalized spacial score (nSPS) is 12.1. The number of nitrogens with one attached hydrogen (secondary N) is 1. The smallest absolute Gasteiger partial charge is 0.416 e. The van der Waals surface area contributed by atoms with E-state index in [0.717, 1.165) is 19.2 Å². The second-order valence-corrected chi connectivity index (χ2v) is 6.15. The first kappa shape index (κ1) is 21.9. The first-order valence-electron chi connectivity index (χ1n) is 8.37. The zero-order valence-electron chi connectivity index (χ0n) is 15.2. The number of methoxy groups -OCH3 is 1. The highest BCUT2D eigenvalue weighted by atomic mass is 19.4. The number of nitrogens with zero attached hydrogens (tertiary/aromatic N) is 1. The van der Waals surface area contributed by atoms with E-state index in [1.807, 2.05) is 0 Å². The fourth-order valence-corrected chi connectivity index (χ4v) is 2.61. The van der Waals surface area contributed by atoms with E-state index in [1.165, 1.54) is 36.4 Å².